The first-order valence-corrected chi connectivity index (χ1v) is 12.4. The third-order valence-electron chi connectivity index (χ3n) is 5.76. The van der Waals surface area contributed by atoms with Crippen LogP contribution in [0.25, 0.3) is 22.0 Å². The predicted octanol–water partition coefficient (Wildman–Crippen LogP) is 2.68. The van der Waals surface area contributed by atoms with Gasteiger partial charge < -0.3 is 9.88 Å². The van der Waals surface area contributed by atoms with Gasteiger partial charge in [0.25, 0.3) is 5.91 Å². The van der Waals surface area contributed by atoms with E-state index in [1.807, 2.05) is 35.2 Å². The highest BCUT2D eigenvalue weighted by Gasteiger charge is 2.23. The Morgan fingerprint density at radius 2 is 1.88 bits per heavy atom. The molecule has 0 saturated heterocycles. The summed E-state index contributed by atoms with van der Waals surface area (Å²) in [6, 6.07) is 13.4. The van der Waals surface area contributed by atoms with E-state index in [1.54, 1.807) is 11.5 Å². The maximum absolute atomic E-state index is 11.6. The minimum absolute atomic E-state index is 0.174. The number of aromatic amines is 1. The Bertz CT molecular complexity index is 1500. The Morgan fingerprint density at radius 1 is 1.12 bits per heavy atom. The van der Waals surface area contributed by atoms with Gasteiger partial charge in [0.05, 0.1) is 11.8 Å². The fraction of sp³-hybridized carbons (Fsp3) is 0.174. The maximum Gasteiger partial charge on any atom is 0.277 e. The molecular weight excluding hydrogens is 456 g/mol. The first-order chi connectivity index (χ1) is 16.3. The normalized spacial score (nSPS) is 13.5. The molecule has 4 N–H and O–H groups in total. The summed E-state index contributed by atoms with van der Waals surface area (Å²) in [4.78, 5) is 25.6. The monoisotopic (exact) mass is 478 g/mol. The number of aromatic nitrogens is 3. The van der Waals surface area contributed by atoms with Crippen LogP contribution < -0.4 is 15.1 Å². The largest absolute Gasteiger partial charge is 0.358 e. The molecule has 0 aliphatic carbocycles. The van der Waals surface area contributed by atoms with Gasteiger partial charge in [-0.3, -0.25) is 14.7 Å². The fourth-order valence-electron chi connectivity index (χ4n) is 4.21. The molecule has 1 aliphatic rings. The van der Waals surface area contributed by atoms with Crippen molar-refractivity contribution in [1.82, 2.24) is 20.4 Å². The van der Waals surface area contributed by atoms with Crippen LogP contribution in [0.3, 0.4) is 0 Å². The molecule has 2 aromatic heterocycles. The molecular formula is C23H22N6O4S. The van der Waals surface area contributed by atoms with Gasteiger partial charge in [0.15, 0.2) is 0 Å². The zero-order valence-electron chi connectivity index (χ0n) is 18.2. The summed E-state index contributed by atoms with van der Waals surface area (Å²) in [5.74, 6) is -0.155. The zero-order chi connectivity index (χ0) is 23.9. The first-order valence-electron chi connectivity index (χ1n) is 10.5. The number of nitrogens with one attached hydrogen (secondary N) is 3. The van der Waals surface area contributed by atoms with Crippen LogP contribution in [-0.4, -0.2) is 47.3 Å². The number of benzene rings is 2. The van der Waals surface area contributed by atoms with Crippen molar-refractivity contribution in [2.45, 2.75) is 13.0 Å². The van der Waals surface area contributed by atoms with Crippen molar-refractivity contribution >= 4 is 38.5 Å². The Morgan fingerprint density at radius 3 is 2.62 bits per heavy atom. The van der Waals surface area contributed by atoms with Crippen LogP contribution in [0.5, 0.6) is 0 Å². The molecule has 5 rings (SSSR count). The number of sulfonamides is 1. The van der Waals surface area contributed by atoms with Crippen molar-refractivity contribution in [2.24, 2.45) is 0 Å². The van der Waals surface area contributed by atoms with E-state index in [2.05, 4.69) is 25.7 Å². The second kappa shape index (κ2) is 8.43. The quantitative estimate of drug-likeness (QED) is 0.255. The van der Waals surface area contributed by atoms with E-state index in [1.165, 1.54) is 12.4 Å². The topological polar surface area (TPSA) is 140 Å². The molecule has 0 saturated carbocycles. The molecule has 0 bridgehead atoms. The standard InChI is InChI=1S/C23H22N6O4S/c1-34(32,33)28-17-4-2-3-14(9-17)15-5-6-20-18(10-15)19-13-29(8-7-21(19)26-20)23-24-11-16(12-25-23)22(30)27-31/h2-6,9-12,26,28,31H,7-8,13H2,1H3,(H,27,30). The third-order valence-corrected chi connectivity index (χ3v) is 6.37. The van der Waals surface area contributed by atoms with Crippen LogP contribution in [0.4, 0.5) is 11.6 Å². The molecule has 0 radical (unpaired) electrons. The van der Waals surface area contributed by atoms with Gasteiger partial charge >= 0.3 is 0 Å². The molecule has 11 heteroatoms. The van der Waals surface area contributed by atoms with E-state index in [9.17, 15) is 13.2 Å². The van der Waals surface area contributed by atoms with E-state index < -0.39 is 15.9 Å². The summed E-state index contributed by atoms with van der Waals surface area (Å²) in [5.41, 5.74) is 7.46. The number of nitrogens with zero attached hydrogens (tertiary/aromatic N) is 3. The number of carbonyl (C=O) groups is 1. The molecule has 1 aliphatic heterocycles. The summed E-state index contributed by atoms with van der Waals surface area (Å²) in [5, 5.41) is 9.84. The number of H-pyrrole nitrogens is 1. The molecule has 10 nitrogen and oxygen atoms in total. The average molecular weight is 479 g/mol. The number of hydroxylamine groups is 1. The maximum atomic E-state index is 11.6. The van der Waals surface area contributed by atoms with Crippen LogP contribution in [-0.2, 0) is 23.0 Å². The summed E-state index contributed by atoms with van der Waals surface area (Å²) >= 11 is 0. The lowest BCUT2D eigenvalue weighted by atomic mass is 10.00. The van der Waals surface area contributed by atoms with Crippen LogP contribution in [0.1, 0.15) is 21.6 Å². The minimum atomic E-state index is -3.36. The Balaban J connectivity index is 1.46. The van der Waals surface area contributed by atoms with Crippen LogP contribution in [0.15, 0.2) is 54.9 Å². The summed E-state index contributed by atoms with van der Waals surface area (Å²) in [6.45, 7) is 1.32. The van der Waals surface area contributed by atoms with Gasteiger partial charge in [-0.2, -0.15) is 0 Å². The molecule has 34 heavy (non-hydrogen) atoms. The van der Waals surface area contributed by atoms with E-state index in [-0.39, 0.29) is 5.56 Å². The van der Waals surface area contributed by atoms with E-state index in [4.69, 9.17) is 5.21 Å². The third kappa shape index (κ3) is 4.30. The van der Waals surface area contributed by atoms with E-state index >= 15 is 0 Å². The number of anilines is 2. The predicted molar refractivity (Wildman–Crippen MR) is 128 cm³/mol. The smallest absolute Gasteiger partial charge is 0.277 e. The number of hydrogen-bond donors (Lipinski definition) is 4. The van der Waals surface area contributed by atoms with Gasteiger partial charge in [-0.05, 0) is 35.4 Å². The number of amides is 1. The van der Waals surface area contributed by atoms with Crippen molar-refractivity contribution < 1.29 is 18.4 Å². The molecule has 2 aromatic carbocycles. The van der Waals surface area contributed by atoms with Crippen molar-refractivity contribution in [3.05, 3.63) is 71.7 Å². The molecule has 3 heterocycles. The molecule has 4 aromatic rings. The first kappa shape index (κ1) is 21.9. The molecule has 174 valence electrons. The number of hydrogen-bond acceptors (Lipinski definition) is 7. The van der Waals surface area contributed by atoms with Crippen molar-refractivity contribution in [3.8, 4) is 11.1 Å². The molecule has 1 amide bonds. The highest BCUT2D eigenvalue weighted by molar-refractivity contribution is 7.92. The van der Waals surface area contributed by atoms with Gasteiger partial charge in [-0.25, -0.2) is 23.9 Å². The van der Waals surface area contributed by atoms with Gasteiger partial charge in [0.1, 0.15) is 0 Å². The van der Waals surface area contributed by atoms with Gasteiger partial charge in [-0.1, -0.05) is 18.2 Å². The van der Waals surface area contributed by atoms with Crippen LogP contribution in [0, 0.1) is 0 Å². The van der Waals surface area contributed by atoms with Crippen molar-refractivity contribution in [1.29, 1.82) is 0 Å². The van der Waals surface area contributed by atoms with Crippen molar-refractivity contribution in [3.63, 3.8) is 0 Å². The Labute approximate surface area is 195 Å². The highest BCUT2D eigenvalue weighted by Crippen LogP contribution is 2.33. The summed E-state index contributed by atoms with van der Waals surface area (Å²) in [6.07, 6.45) is 4.68. The zero-order valence-corrected chi connectivity index (χ0v) is 19.1. The molecule has 0 fully saturated rings. The Kier molecular flexibility index (Phi) is 5.42. The second-order valence-electron chi connectivity index (χ2n) is 8.18. The highest BCUT2D eigenvalue weighted by atomic mass is 32.2. The van der Waals surface area contributed by atoms with Gasteiger partial charge in [0.2, 0.25) is 16.0 Å². The lowest BCUT2D eigenvalue weighted by Crippen LogP contribution is -2.31. The Hall–Kier alpha value is -3.96. The number of carbonyl (C=O) groups excluding carboxylic acids is 1. The lowest BCUT2D eigenvalue weighted by molar-refractivity contribution is 0.0705. The lowest BCUT2D eigenvalue weighted by Gasteiger charge is -2.27. The average Bonchev–Trinajstić information content (AvgIpc) is 3.20. The SMILES string of the molecule is CS(=O)(=O)Nc1cccc(-c2ccc3[nH]c4c(c3c2)CN(c2ncc(C(=O)NO)cn2)CC4)c1. The fourth-order valence-corrected chi connectivity index (χ4v) is 4.76. The number of rotatable bonds is 5. The van der Waals surface area contributed by atoms with Crippen LogP contribution in [0.2, 0.25) is 0 Å². The molecule has 0 unspecified atom stereocenters. The summed E-state index contributed by atoms with van der Waals surface area (Å²) < 4.78 is 25.7. The second-order valence-corrected chi connectivity index (χ2v) is 9.93. The minimum Gasteiger partial charge on any atom is -0.358 e. The van der Waals surface area contributed by atoms with E-state index in [0.29, 0.717) is 18.2 Å². The summed E-state index contributed by atoms with van der Waals surface area (Å²) in [7, 11) is -3.36. The van der Waals surface area contributed by atoms with E-state index in [0.717, 1.165) is 52.5 Å². The van der Waals surface area contributed by atoms with Crippen molar-refractivity contribution in [2.75, 3.05) is 22.4 Å². The molecule has 0 atom stereocenters. The van der Waals surface area contributed by atoms with Crippen LogP contribution >= 0.6 is 0 Å². The number of fused-ring (bicyclic) bond motifs is 3. The molecule has 0 spiro atoms. The van der Waals surface area contributed by atoms with Gasteiger partial charge in [0, 0.05) is 59.8 Å². The van der Waals surface area contributed by atoms with Gasteiger partial charge in [-0.15, -0.1) is 0 Å².